The Bertz CT molecular complexity index is 532. The minimum absolute atomic E-state index is 0.0603. The van der Waals surface area contributed by atoms with Gasteiger partial charge in [0.2, 0.25) is 0 Å². The molecule has 0 radical (unpaired) electrons. The summed E-state index contributed by atoms with van der Waals surface area (Å²) in [6.45, 7) is 7.38. The maximum absolute atomic E-state index is 12.6. The molecule has 0 saturated carbocycles. The van der Waals surface area contributed by atoms with E-state index < -0.39 is 0 Å². The first-order chi connectivity index (χ1) is 9.13. The van der Waals surface area contributed by atoms with Crippen molar-refractivity contribution in [1.29, 1.82) is 0 Å². The van der Waals surface area contributed by atoms with Crippen LogP contribution < -0.4 is 15.1 Å². The number of rotatable bonds is 1. The summed E-state index contributed by atoms with van der Waals surface area (Å²) in [4.78, 5) is 16.8. The summed E-state index contributed by atoms with van der Waals surface area (Å²) >= 11 is 3.62. The minimum atomic E-state index is -0.0603. The number of anilines is 2. The summed E-state index contributed by atoms with van der Waals surface area (Å²) < 4.78 is 1.01. The molecule has 102 valence electrons. The molecule has 5 heteroatoms. The monoisotopic (exact) mass is 323 g/mol. The second-order valence-corrected chi connectivity index (χ2v) is 5.96. The summed E-state index contributed by atoms with van der Waals surface area (Å²) in [6.07, 6.45) is 0. The number of aryl methyl sites for hydroxylation is 1. The van der Waals surface area contributed by atoms with E-state index in [2.05, 4.69) is 45.2 Å². The van der Waals surface area contributed by atoms with Gasteiger partial charge in [0, 0.05) is 30.7 Å². The standard InChI is InChI=1S/C14H18BrN3O/c1-3-17-13-10(15)6-9(2)7-11(13)18-5-4-16-8-12(18)14(17)19/h6-7,12,16H,3-5,8H2,1-2H3. The highest BCUT2D eigenvalue weighted by Crippen LogP contribution is 2.42. The number of carbonyl (C=O) groups is 1. The second kappa shape index (κ2) is 4.80. The molecule has 1 fully saturated rings. The van der Waals surface area contributed by atoms with Crippen molar-refractivity contribution in [3.63, 3.8) is 0 Å². The van der Waals surface area contributed by atoms with Crippen molar-refractivity contribution < 1.29 is 4.79 Å². The molecule has 0 spiro atoms. The molecule has 3 rings (SSSR count). The van der Waals surface area contributed by atoms with Crippen LogP contribution in [0.4, 0.5) is 11.4 Å². The Morgan fingerprint density at radius 2 is 2.26 bits per heavy atom. The van der Waals surface area contributed by atoms with E-state index in [4.69, 9.17) is 0 Å². The first kappa shape index (κ1) is 12.9. The molecule has 2 heterocycles. The summed E-state index contributed by atoms with van der Waals surface area (Å²) in [5.74, 6) is 0.201. The van der Waals surface area contributed by atoms with E-state index in [-0.39, 0.29) is 11.9 Å². The zero-order chi connectivity index (χ0) is 13.6. The van der Waals surface area contributed by atoms with Crippen molar-refractivity contribution in [2.24, 2.45) is 0 Å². The summed E-state index contributed by atoms with van der Waals surface area (Å²) in [6, 6.07) is 4.21. The van der Waals surface area contributed by atoms with E-state index in [1.54, 1.807) is 0 Å². The highest BCUT2D eigenvalue weighted by Gasteiger charge is 2.39. The zero-order valence-electron chi connectivity index (χ0n) is 11.2. The van der Waals surface area contributed by atoms with Crippen LogP contribution in [0.25, 0.3) is 0 Å². The number of benzene rings is 1. The molecule has 1 atom stereocenters. The zero-order valence-corrected chi connectivity index (χ0v) is 12.8. The number of piperazine rings is 1. The van der Waals surface area contributed by atoms with E-state index in [9.17, 15) is 4.79 Å². The lowest BCUT2D eigenvalue weighted by Crippen LogP contribution is -2.62. The molecule has 0 aliphatic carbocycles. The minimum Gasteiger partial charge on any atom is -0.355 e. The van der Waals surface area contributed by atoms with Crippen LogP contribution in [0.5, 0.6) is 0 Å². The normalized spacial score (nSPS) is 22.3. The Hall–Kier alpha value is -1.07. The molecular formula is C14H18BrN3O. The second-order valence-electron chi connectivity index (χ2n) is 5.11. The molecule has 1 N–H and O–H groups in total. The average Bonchev–Trinajstić information content (AvgIpc) is 2.40. The number of amides is 1. The fourth-order valence-corrected chi connectivity index (χ4v) is 3.80. The van der Waals surface area contributed by atoms with Gasteiger partial charge in [-0.3, -0.25) is 4.79 Å². The first-order valence-corrected chi connectivity index (χ1v) is 7.51. The lowest BCUT2D eigenvalue weighted by molar-refractivity contribution is -0.120. The van der Waals surface area contributed by atoms with Gasteiger partial charge in [-0.15, -0.1) is 0 Å². The number of carbonyl (C=O) groups excluding carboxylic acids is 1. The maximum atomic E-state index is 12.6. The van der Waals surface area contributed by atoms with Gasteiger partial charge in [0.25, 0.3) is 5.91 Å². The van der Waals surface area contributed by atoms with Crippen molar-refractivity contribution in [2.45, 2.75) is 19.9 Å². The molecule has 1 unspecified atom stereocenters. The molecule has 2 aliphatic heterocycles. The van der Waals surface area contributed by atoms with Gasteiger partial charge in [-0.05, 0) is 47.5 Å². The van der Waals surface area contributed by atoms with Crippen molar-refractivity contribution in [1.82, 2.24) is 5.32 Å². The molecule has 1 amide bonds. The van der Waals surface area contributed by atoms with Crippen LogP contribution in [0.3, 0.4) is 0 Å². The van der Waals surface area contributed by atoms with Crippen molar-refractivity contribution in [2.75, 3.05) is 36.0 Å². The van der Waals surface area contributed by atoms with Crippen LogP contribution in [0.1, 0.15) is 12.5 Å². The van der Waals surface area contributed by atoms with Crippen molar-refractivity contribution in [3.8, 4) is 0 Å². The molecule has 19 heavy (non-hydrogen) atoms. The van der Waals surface area contributed by atoms with Gasteiger partial charge in [-0.1, -0.05) is 0 Å². The lowest BCUT2D eigenvalue weighted by Gasteiger charge is -2.45. The third-order valence-corrected chi connectivity index (χ3v) is 4.48. The molecule has 0 aromatic heterocycles. The summed E-state index contributed by atoms with van der Waals surface area (Å²) in [5.41, 5.74) is 3.42. The fraction of sp³-hybridized carbons (Fsp3) is 0.500. The largest absolute Gasteiger partial charge is 0.355 e. The van der Waals surface area contributed by atoms with E-state index in [0.29, 0.717) is 6.54 Å². The fourth-order valence-electron chi connectivity index (χ4n) is 3.02. The van der Waals surface area contributed by atoms with Crippen LogP contribution in [-0.2, 0) is 4.79 Å². The predicted molar refractivity (Wildman–Crippen MR) is 80.9 cm³/mol. The third-order valence-electron chi connectivity index (χ3n) is 3.88. The van der Waals surface area contributed by atoms with Crippen LogP contribution >= 0.6 is 15.9 Å². The molecule has 1 saturated heterocycles. The van der Waals surface area contributed by atoms with E-state index in [1.807, 2.05) is 11.8 Å². The van der Waals surface area contributed by atoms with E-state index >= 15 is 0 Å². The first-order valence-electron chi connectivity index (χ1n) is 6.72. The SMILES string of the molecule is CCN1C(=O)C2CNCCN2c2cc(C)cc(Br)c21. The average molecular weight is 324 g/mol. The maximum Gasteiger partial charge on any atom is 0.251 e. The number of hydrogen-bond donors (Lipinski definition) is 1. The van der Waals surface area contributed by atoms with Crippen LogP contribution in [-0.4, -0.2) is 38.1 Å². The predicted octanol–water partition coefficient (Wildman–Crippen LogP) is 1.90. The number of hydrogen-bond acceptors (Lipinski definition) is 3. The Kier molecular flexibility index (Phi) is 3.27. The summed E-state index contributed by atoms with van der Waals surface area (Å²) in [5, 5.41) is 3.32. The molecule has 4 nitrogen and oxygen atoms in total. The Labute approximate surface area is 121 Å². The van der Waals surface area contributed by atoms with Crippen molar-refractivity contribution in [3.05, 3.63) is 22.2 Å². The van der Waals surface area contributed by atoms with Crippen LogP contribution in [0, 0.1) is 6.92 Å². The van der Waals surface area contributed by atoms with Crippen LogP contribution in [0.2, 0.25) is 0 Å². The van der Waals surface area contributed by atoms with Gasteiger partial charge < -0.3 is 15.1 Å². The smallest absolute Gasteiger partial charge is 0.251 e. The van der Waals surface area contributed by atoms with Gasteiger partial charge in [-0.25, -0.2) is 0 Å². The van der Waals surface area contributed by atoms with E-state index in [1.165, 1.54) is 11.3 Å². The van der Waals surface area contributed by atoms with Gasteiger partial charge >= 0.3 is 0 Å². The number of fused-ring (bicyclic) bond motifs is 3. The third kappa shape index (κ3) is 1.96. The Balaban J connectivity index is 2.19. The van der Waals surface area contributed by atoms with Gasteiger partial charge in [-0.2, -0.15) is 0 Å². The molecular weight excluding hydrogens is 306 g/mol. The molecule has 2 aliphatic rings. The molecule has 1 aromatic rings. The lowest BCUT2D eigenvalue weighted by atomic mass is 10.0. The number of nitrogens with one attached hydrogen (secondary N) is 1. The number of nitrogens with zero attached hydrogens (tertiary/aromatic N) is 2. The quantitative estimate of drug-likeness (QED) is 0.857. The van der Waals surface area contributed by atoms with Crippen LogP contribution in [0.15, 0.2) is 16.6 Å². The van der Waals surface area contributed by atoms with Gasteiger partial charge in [0.15, 0.2) is 0 Å². The Morgan fingerprint density at radius 1 is 1.47 bits per heavy atom. The molecule has 1 aromatic carbocycles. The van der Waals surface area contributed by atoms with Gasteiger partial charge in [0.1, 0.15) is 6.04 Å². The topological polar surface area (TPSA) is 35.6 Å². The Morgan fingerprint density at radius 3 is 3.00 bits per heavy atom. The van der Waals surface area contributed by atoms with Gasteiger partial charge in [0.05, 0.1) is 11.4 Å². The highest BCUT2D eigenvalue weighted by molar-refractivity contribution is 9.10. The summed E-state index contributed by atoms with van der Waals surface area (Å²) in [7, 11) is 0. The van der Waals surface area contributed by atoms with Crippen molar-refractivity contribution >= 4 is 33.2 Å². The highest BCUT2D eigenvalue weighted by atomic mass is 79.9. The molecule has 0 bridgehead atoms. The number of likely N-dealkylation sites (N-methyl/N-ethyl adjacent to an activating group) is 1. The van der Waals surface area contributed by atoms with E-state index in [0.717, 1.165) is 29.8 Å². The number of halogens is 1.